The van der Waals surface area contributed by atoms with Crippen LogP contribution in [0.15, 0.2) is 18.3 Å². The van der Waals surface area contributed by atoms with Crippen molar-refractivity contribution in [3.8, 4) is 0 Å². The van der Waals surface area contributed by atoms with Crippen LogP contribution in [-0.4, -0.2) is 16.1 Å². The highest BCUT2D eigenvalue weighted by atomic mass is 35.5. The number of hydrogen-bond donors (Lipinski definition) is 2. The Bertz CT molecular complexity index is 535. The topological polar surface area (TPSA) is 53.1 Å². The van der Waals surface area contributed by atoms with Crippen molar-refractivity contribution in [1.82, 2.24) is 4.98 Å². The minimum absolute atomic E-state index is 0.153. The van der Waals surface area contributed by atoms with E-state index in [-0.39, 0.29) is 11.4 Å². The molecular formula is C10H7ClFNO2. The van der Waals surface area contributed by atoms with Gasteiger partial charge in [-0.2, -0.15) is 0 Å². The number of halogens is 2. The molecule has 0 saturated heterocycles. The Morgan fingerprint density at radius 1 is 1.53 bits per heavy atom. The number of carboxylic acids is 1. The molecule has 0 aliphatic heterocycles. The average molecular weight is 228 g/mol. The fraction of sp³-hybridized carbons (Fsp3) is 0.100. The SMILES string of the molecule is O=C(O)Cc1c[nH]c2c(Cl)cc(F)cc12. The van der Waals surface area contributed by atoms with Crippen LogP contribution in [0.2, 0.25) is 5.02 Å². The summed E-state index contributed by atoms with van der Waals surface area (Å²) in [5, 5.41) is 9.41. The van der Waals surface area contributed by atoms with Crippen molar-refractivity contribution in [3.63, 3.8) is 0 Å². The Balaban J connectivity index is 2.63. The van der Waals surface area contributed by atoms with Gasteiger partial charge in [0.15, 0.2) is 0 Å². The van der Waals surface area contributed by atoms with E-state index in [1.807, 2.05) is 0 Å². The first-order valence-electron chi connectivity index (χ1n) is 4.24. The summed E-state index contributed by atoms with van der Waals surface area (Å²) in [6.45, 7) is 0. The van der Waals surface area contributed by atoms with Crippen LogP contribution in [0.4, 0.5) is 4.39 Å². The van der Waals surface area contributed by atoms with Crippen LogP contribution in [0.5, 0.6) is 0 Å². The molecule has 0 spiro atoms. The van der Waals surface area contributed by atoms with E-state index in [1.165, 1.54) is 18.3 Å². The molecule has 1 heterocycles. The molecule has 3 nitrogen and oxygen atoms in total. The van der Waals surface area contributed by atoms with E-state index in [2.05, 4.69) is 4.98 Å². The number of benzene rings is 1. The predicted octanol–water partition coefficient (Wildman–Crippen LogP) is 2.59. The van der Waals surface area contributed by atoms with Crippen molar-refractivity contribution in [2.75, 3.05) is 0 Å². The zero-order valence-electron chi connectivity index (χ0n) is 7.55. The lowest BCUT2D eigenvalue weighted by molar-refractivity contribution is -0.136. The van der Waals surface area contributed by atoms with Crippen molar-refractivity contribution < 1.29 is 14.3 Å². The van der Waals surface area contributed by atoms with E-state index in [4.69, 9.17) is 16.7 Å². The maximum atomic E-state index is 13.0. The summed E-state index contributed by atoms with van der Waals surface area (Å²) in [4.78, 5) is 13.4. The molecule has 0 atom stereocenters. The molecule has 0 amide bonds. The van der Waals surface area contributed by atoms with Gasteiger partial charge in [-0.1, -0.05) is 11.6 Å². The highest BCUT2D eigenvalue weighted by Crippen LogP contribution is 2.27. The second-order valence-corrected chi connectivity index (χ2v) is 3.60. The summed E-state index contributed by atoms with van der Waals surface area (Å²) in [7, 11) is 0. The lowest BCUT2D eigenvalue weighted by Gasteiger charge is -1.97. The normalized spacial score (nSPS) is 10.8. The van der Waals surface area contributed by atoms with E-state index in [0.29, 0.717) is 16.5 Å². The predicted molar refractivity (Wildman–Crippen MR) is 54.6 cm³/mol. The molecule has 0 radical (unpaired) electrons. The number of fused-ring (bicyclic) bond motifs is 1. The third-order valence-electron chi connectivity index (χ3n) is 2.13. The zero-order valence-corrected chi connectivity index (χ0v) is 8.31. The highest BCUT2D eigenvalue weighted by Gasteiger charge is 2.11. The van der Waals surface area contributed by atoms with E-state index in [9.17, 15) is 9.18 Å². The van der Waals surface area contributed by atoms with Gasteiger partial charge in [0.05, 0.1) is 17.0 Å². The third-order valence-corrected chi connectivity index (χ3v) is 2.43. The first-order valence-corrected chi connectivity index (χ1v) is 4.62. The van der Waals surface area contributed by atoms with E-state index < -0.39 is 11.8 Å². The fourth-order valence-electron chi connectivity index (χ4n) is 1.52. The summed E-state index contributed by atoms with van der Waals surface area (Å²) < 4.78 is 13.0. The fourth-order valence-corrected chi connectivity index (χ4v) is 1.78. The Labute approximate surface area is 89.5 Å². The van der Waals surface area contributed by atoms with Crippen LogP contribution < -0.4 is 0 Å². The Morgan fingerprint density at radius 3 is 2.93 bits per heavy atom. The van der Waals surface area contributed by atoms with Gasteiger partial charge < -0.3 is 10.1 Å². The number of nitrogens with one attached hydrogen (secondary N) is 1. The number of carbonyl (C=O) groups is 1. The third kappa shape index (κ3) is 1.80. The molecule has 0 fully saturated rings. The summed E-state index contributed by atoms with van der Waals surface area (Å²) >= 11 is 5.79. The summed E-state index contributed by atoms with van der Waals surface area (Å²) in [5.74, 6) is -1.44. The van der Waals surface area contributed by atoms with E-state index in [0.717, 1.165) is 0 Å². The molecule has 0 saturated carbocycles. The first-order chi connectivity index (χ1) is 7.08. The van der Waals surface area contributed by atoms with Crippen LogP contribution in [-0.2, 0) is 11.2 Å². The van der Waals surface area contributed by atoms with Crippen LogP contribution in [0.1, 0.15) is 5.56 Å². The number of aliphatic carboxylic acids is 1. The number of H-pyrrole nitrogens is 1. The molecule has 0 aliphatic carbocycles. The first kappa shape index (κ1) is 9.98. The molecule has 2 rings (SSSR count). The van der Waals surface area contributed by atoms with Crippen molar-refractivity contribution in [2.45, 2.75) is 6.42 Å². The van der Waals surface area contributed by atoms with Crippen LogP contribution in [0.25, 0.3) is 10.9 Å². The van der Waals surface area contributed by atoms with Crippen LogP contribution in [0.3, 0.4) is 0 Å². The van der Waals surface area contributed by atoms with E-state index >= 15 is 0 Å². The second kappa shape index (κ2) is 3.55. The quantitative estimate of drug-likeness (QED) is 0.829. The minimum atomic E-state index is -0.962. The van der Waals surface area contributed by atoms with Gasteiger partial charge in [0, 0.05) is 11.6 Å². The molecule has 1 aromatic heterocycles. The highest BCUT2D eigenvalue weighted by molar-refractivity contribution is 6.35. The van der Waals surface area contributed by atoms with Crippen molar-refractivity contribution in [1.29, 1.82) is 0 Å². The lowest BCUT2D eigenvalue weighted by Crippen LogP contribution is -1.98. The number of aromatic amines is 1. The molecule has 5 heteroatoms. The summed E-state index contributed by atoms with van der Waals surface area (Å²) in [6, 6.07) is 2.46. The number of carboxylic acid groups (broad SMARTS) is 1. The Morgan fingerprint density at radius 2 is 2.27 bits per heavy atom. The van der Waals surface area contributed by atoms with Crippen molar-refractivity contribution >= 4 is 28.5 Å². The molecule has 78 valence electrons. The van der Waals surface area contributed by atoms with Gasteiger partial charge in [-0.15, -0.1) is 0 Å². The number of rotatable bonds is 2. The Kier molecular flexibility index (Phi) is 2.36. The maximum absolute atomic E-state index is 13.0. The van der Waals surface area contributed by atoms with Gasteiger partial charge in [0.25, 0.3) is 0 Å². The van der Waals surface area contributed by atoms with Crippen LogP contribution >= 0.6 is 11.6 Å². The Hall–Kier alpha value is -1.55. The standard InChI is InChI=1S/C10H7ClFNO2/c11-8-3-6(12)2-7-5(1-9(14)15)4-13-10(7)8/h2-4,13H,1H2,(H,14,15). The van der Waals surface area contributed by atoms with Crippen molar-refractivity contribution in [3.05, 3.63) is 34.7 Å². The van der Waals surface area contributed by atoms with Crippen LogP contribution in [0, 0.1) is 5.82 Å². The van der Waals surface area contributed by atoms with Gasteiger partial charge in [0.2, 0.25) is 0 Å². The summed E-state index contributed by atoms with van der Waals surface area (Å²) in [5.41, 5.74) is 1.09. The van der Waals surface area contributed by atoms with Gasteiger partial charge in [-0.25, -0.2) is 4.39 Å². The molecule has 0 bridgehead atoms. The molecule has 2 aromatic rings. The molecule has 0 unspecified atom stereocenters. The second-order valence-electron chi connectivity index (χ2n) is 3.19. The van der Waals surface area contributed by atoms with Crippen molar-refractivity contribution in [2.24, 2.45) is 0 Å². The average Bonchev–Trinajstić information content (AvgIpc) is 2.48. The number of hydrogen-bond acceptors (Lipinski definition) is 1. The summed E-state index contributed by atoms with van der Waals surface area (Å²) in [6.07, 6.45) is 1.38. The smallest absolute Gasteiger partial charge is 0.307 e. The lowest BCUT2D eigenvalue weighted by atomic mass is 10.1. The van der Waals surface area contributed by atoms with E-state index in [1.54, 1.807) is 0 Å². The van der Waals surface area contributed by atoms with Gasteiger partial charge in [0.1, 0.15) is 5.82 Å². The molecule has 0 aliphatic rings. The maximum Gasteiger partial charge on any atom is 0.307 e. The molecular weight excluding hydrogens is 221 g/mol. The van der Waals surface area contributed by atoms with Gasteiger partial charge >= 0.3 is 5.97 Å². The largest absolute Gasteiger partial charge is 0.481 e. The van der Waals surface area contributed by atoms with Gasteiger partial charge in [-0.05, 0) is 17.7 Å². The number of aromatic nitrogens is 1. The monoisotopic (exact) mass is 227 g/mol. The molecule has 2 N–H and O–H groups in total. The molecule has 15 heavy (non-hydrogen) atoms. The molecule has 1 aromatic carbocycles. The minimum Gasteiger partial charge on any atom is -0.481 e. The zero-order chi connectivity index (χ0) is 11.0. The van der Waals surface area contributed by atoms with Gasteiger partial charge in [-0.3, -0.25) is 4.79 Å².